The molecular weight excluding hydrogens is 144 g/mol. The van der Waals surface area contributed by atoms with Crippen molar-refractivity contribution in [3.05, 3.63) is 36.0 Å². The average molecular weight is 166 g/mol. The predicted molar refractivity (Wildman–Crippen MR) is 59.4 cm³/mol. The van der Waals surface area contributed by atoms with Crippen LogP contribution in [0.5, 0.6) is 0 Å². The molecule has 0 aliphatic carbocycles. The number of hydrogen-bond acceptors (Lipinski definition) is 0. The van der Waals surface area contributed by atoms with Crippen molar-refractivity contribution in [3.8, 4) is 0 Å². The Morgan fingerprint density at radius 1 is 1.17 bits per heavy atom. The number of allylic oxidation sites excluding steroid dienone is 5. The van der Waals surface area contributed by atoms with Gasteiger partial charge in [-0.15, -0.1) is 6.58 Å². The van der Waals surface area contributed by atoms with E-state index in [0.717, 1.165) is 6.42 Å². The van der Waals surface area contributed by atoms with E-state index < -0.39 is 0 Å². The third-order valence-electron chi connectivity index (χ3n) is 1.65. The second-order valence-corrected chi connectivity index (χ2v) is 2.38. The van der Waals surface area contributed by atoms with Crippen LogP contribution >= 0.6 is 0 Å². The van der Waals surface area contributed by atoms with Crippen molar-refractivity contribution in [2.24, 2.45) is 0 Å². The van der Waals surface area contributed by atoms with Crippen LogP contribution < -0.4 is 0 Å². The molecule has 0 aromatic carbocycles. The van der Waals surface area contributed by atoms with E-state index in [1.807, 2.05) is 19.9 Å². The summed E-state index contributed by atoms with van der Waals surface area (Å²) in [7, 11) is 0. The summed E-state index contributed by atoms with van der Waals surface area (Å²) in [6.07, 6.45) is 7.18. The summed E-state index contributed by atoms with van der Waals surface area (Å²) in [5.41, 5.74) is 2.70. The van der Waals surface area contributed by atoms with Gasteiger partial charge in [0.15, 0.2) is 0 Å². The fourth-order valence-electron chi connectivity index (χ4n) is 0.649. The molecule has 0 rings (SSSR count). The SMILES string of the molecule is C=CC/C=C(C)\C(C)=C/C.CC. The summed E-state index contributed by atoms with van der Waals surface area (Å²) in [6, 6.07) is 0. The summed E-state index contributed by atoms with van der Waals surface area (Å²) in [5.74, 6) is 0. The maximum atomic E-state index is 3.65. The van der Waals surface area contributed by atoms with Crippen LogP contribution in [0.2, 0.25) is 0 Å². The molecule has 0 aromatic rings. The Hall–Kier alpha value is -0.780. The van der Waals surface area contributed by atoms with Crippen molar-refractivity contribution in [1.29, 1.82) is 0 Å². The van der Waals surface area contributed by atoms with Crippen molar-refractivity contribution >= 4 is 0 Å². The lowest BCUT2D eigenvalue weighted by molar-refractivity contribution is 1.26. The molecule has 0 aliphatic rings. The van der Waals surface area contributed by atoms with E-state index in [-0.39, 0.29) is 0 Å². The van der Waals surface area contributed by atoms with Gasteiger partial charge in [0.1, 0.15) is 0 Å². The van der Waals surface area contributed by atoms with Crippen LogP contribution in [-0.2, 0) is 0 Å². The van der Waals surface area contributed by atoms with Gasteiger partial charge in [-0.3, -0.25) is 0 Å². The lowest BCUT2D eigenvalue weighted by Gasteiger charge is -1.97. The molecule has 0 aromatic heterocycles. The average Bonchev–Trinajstić information content (AvgIpc) is 2.16. The zero-order valence-corrected chi connectivity index (χ0v) is 9.15. The van der Waals surface area contributed by atoms with Gasteiger partial charge in [0.2, 0.25) is 0 Å². The molecular formula is C12H22. The van der Waals surface area contributed by atoms with E-state index in [4.69, 9.17) is 0 Å². The monoisotopic (exact) mass is 166 g/mol. The molecule has 0 spiro atoms. The zero-order chi connectivity index (χ0) is 9.98. The lowest BCUT2D eigenvalue weighted by atomic mass is 10.1. The summed E-state index contributed by atoms with van der Waals surface area (Å²) >= 11 is 0. The van der Waals surface area contributed by atoms with Gasteiger partial charge >= 0.3 is 0 Å². The first-order chi connectivity index (χ1) is 5.72. The molecule has 0 heteroatoms. The molecule has 0 heterocycles. The third-order valence-corrected chi connectivity index (χ3v) is 1.65. The topological polar surface area (TPSA) is 0 Å². The molecule has 0 bridgehead atoms. The zero-order valence-electron chi connectivity index (χ0n) is 9.15. The number of hydrogen-bond donors (Lipinski definition) is 0. The van der Waals surface area contributed by atoms with E-state index in [1.54, 1.807) is 0 Å². The molecule has 0 radical (unpaired) electrons. The van der Waals surface area contributed by atoms with Crippen molar-refractivity contribution in [2.75, 3.05) is 0 Å². The molecule has 0 saturated heterocycles. The van der Waals surface area contributed by atoms with Gasteiger partial charge in [-0.25, -0.2) is 0 Å². The highest BCUT2D eigenvalue weighted by molar-refractivity contribution is 5.26. The standard InChI is InChI=1S/C10H16.C2H6/c1-5-7-8-10(4)9(3)6-2;1-2/h5-6,8H,1,7H2,2-4H3;1-2H3/b9-6-,10-8-;. The minimum atomic E-state index is 0.969. The van der Waals surface area contributed by atoms with Crippen molar-refractivity contribution in [3.63, 3.8) is 0 Å². The molecule has 0 nitrogen and oxygen atoms in total. The fourth-order valence-corrected chi connectivity index (χ4v) is 0.649. The Morgan fingerprint density at radius 2 is 1.67 bits per heavy atom. The van der Waals surface area contributed by atoms with Crippen molar-refractivity contribution < 1.29 is 0 Å². The van der Waals surface area contributed by atoms with Crippen LogP contribution in [0.3, 0.4) is 0 Å². The highest BCUT2D eigenvalue weighted by Gasteiger charge is 1.87. The summed E-state index contributed by atoms with van der Waals surface area (Å²) in [6.45, 7) is 14.0. The second kappa shape index (κ2) is 10.2. The van der Waals surface area contributed by atoms with E-state index in [9.17, 15) is 0 Å². The number of rotatable bonds is 3. The first-order valence-electron chi connectivity index (χ1n) is 4.63. The molecule has 0 saturated carbocycles. The van der Waals surface area contributed by atoms with Crippen molar-refractivity contribution in [2.45, 2.75) is 41.0 Å². The second-order valence-electron chi connectivity index (χ2n) is 2.38. The Bertz CT molecular complexity index is 159. The quantitative estimate of drug-likeness (QED) is 0.427. The van der Waals surface area contributed by atoms with Crippen molar-refractivity contribution in [1.82, 2.24) is 0 Å². The van der Waals surface area contributed by atoms with Gasteiger partial charge in [0.25, 0.3) is 0 Å². The smallest absolute Gasteiger partial charge is 0.0166 e. The molecule has 12 heavy (non-hydrogen) atoms. The van der Waals surface area contributed by atoms with E-state index in [2.05, 4.69) is 39.5 Å². The lowest BCUT2D eigenvalue weighted by Crippen LogP contribution is -1.76. The van der Waals surface area contributed by atoms with E-state index in [1.165, 1.54) is 11.1 Å². The summed E-state index contributed by atoms with van der Waals surface area (Å²) in [5, 5.41) is 0. The van der Waals surface area contributed by atoms with Crippen LogP contribution in [0.4, 0.5) is 0 Å². The minimum Gasteiger partial charge on any atom is -0.103 e. The summed E-state index contributed by atoms with van der Waals surface area (Å²) in [4.78, 5) is 0. The first-order valence-corrected chi connectivity index (χ1v) is 4.63. The van der Waals surface area contributed by atoms with Crippen LogP contribution in [0.15, 0.2) is 36.0 Å². The summed E-state index contributed by atoms with van der Waals surface area (Å²) < 4.78 is 0. The largest absolute Gasteiger partial charge is 0.103 e. The van der Waals surface area contributed by atoms with Crippen LogP contribution in [0, 0.1) is 0 Å². The van der Waals surface area contributed by atoms with Gasteiger partial charge in [-0.1, -0.05) is 43.2 Å². The normalized spacial score (nSPS) is 11.8. The van der Waals surface area contributed by atoms with Crippen LogP contribution in [0.1, 0.15) is 41.0 Å². The minimum absolute atomic E-state index is 0.969. The first kappa shape index (κ1) is 13.8. The molecule has 70 valence electrons. The van der Waals surface area contributed by atoms with Gasteiger partial charge in [0.05, 0.1) is 0 Å². The maximum absolute atomic E-state index is 3.65. The molecule has 0 atom stereocenters. The van der Waals surface area contributed by atoms with Gasteiger partial charge in [-0.2, -0.15) is 0 Å². The van der Waals surface area contributed by atoms with E-state index >= 15 is 0 Å². The highest BCUT2D eigenvalue weighted by Crippen LogP contribution is 2.07. The highest BCUT2D eigenvalue weighted by atomic mass is 13.9. The molecule has 0 fully saturated rings. The Kier molecular flexibility index (Phi) is 11.7. The predicted octanol–water partition coefficient (Wildman–Crippen LogP) is 4.50. The Labute approximate surface area is 77.7 Å². The van der Waals surface area contributed by atoms with Crippen LogP contribution in [0.25, 0.3) is 0 Å². The van der Waals surface area contributed by atoms with Gasteiger partial charge < -0.3 is 0 Å². The third kappa shape index (κ3) is 7.33. The fraction of sp³-hybridized carbons (Fsp3) is 0.500. The molecule has 0 unspecified atom stereocenters. The van der Waals surface area contributed by atoms with E-state index in [0.29, 0.717) is 0 Å². The van der Waals surface area contributed by atoms with Crippen LogP contribution in [-0.4, -0.2) is 0 Å². The molecule has 0 aliphatic heterocycles. The van der Waals surface area contributed by atoms with Gasteiger partial charge in [-0.05, 0) is 27.2 Å². The Balaban J connectivity index is 0. The Morgan fingerprint density at radius 3 is 2.00 bits per heavy atom. The molecule has 0 amide bonds. The maximum Gasteiger partial charge on any atom is -0.0166 e. The van der Waals surface area contributed by atoms with Gasteiger partial charge in [0, 0.05) is 0 Å². The molecule has 0 N–H and O–H groups in total.